The molecular formula is C23H25ClN4O3S. The Bertz CT molecular complexity index is 1220. The molecule has 0 saturated carbocycles. The highest BCUT2D eigenvalue weighted by Crippen LogP contribution is 2.23. The first-order valence-electron chi connectivity index (χ1n) is 9.95. The van der Waals surface area contributed by atoms with E-state index in [-0.39, 0.29) is 23.4 Å². The van der Waals surface area contributed by atoms with Crippen molar-refractivity contribution in [2.24, 2.45) is 0 Å². The molecule has 3 rings (SSSR count). The number of carbonyl (C=O) groups is 1. The number of sulfonamides is 1. The molecule has 3 aromatic rings. The fourth-order valence-electron chi connectivity index (χ4n) is 3.12. The summed E-state index contributed by atoms with van der Waals surface area (Å²) in [5, 5.41) is 7.47. The number of amides is 1. The molecule has 0 unspecified atom stereocenters. The van der Waals surface area contributed by atoms with Crippen LogP contribution >= 0.6 is 11.6 Å². The lowest BCUT2D eigenvalue weighted by Crippen LogP contribution is -2.25. The average Bonchev–Trinajstić information content (AvgIpc) is 3.02. The summed E-state index contributed by atoms with van der Waals surface area (Å²) in [7, 11) is -3.45. The van der Waals surface area contributed by atoms with Gasteiger partial charge in [0.2, 0.25) is 10.0 Å². The molecule has 32 heavy (non-hydrogen) atoms. The van der Waals surface area contributed by atoms with Gasteiger partial charge in [0.1, 0.15) is 5.15 Å². The molecule has 0 radical (unpaired) electrons. The van der Waals surface area contributed by atoms with Gasteiger partial charge in [-0.05, 0) is 37.1 Å². The normalized spacial score (nSPS) is 11.3. The highest BCUT2D eigenvalue weighted by molar-refractivity contribution is 7.88. The molecule has 0 aliphatic rings. The summed E-state index contributed by atoms with van der Waals surface area (Å²) in [4.78, 5) is 12.8. The summed E-state index contributed by atoms with van der Waals surface area (Å²) in [6.07, 6.45) is 1.48. The van der Waals surface area contributed by atoms with Crippen LogP contribution in [0.2, 0.25) is 5.15 Å². The van der Waals surface area contributed by atoms with Crippen LogP contribution in [-0.4, -0.2) is 30.7 Å². The third-order valence-corrected chi connectivity index (χ3v) is 6.47. The number of nitrogens with zero attached hydrogens (tertiary/aromatic N) is 2. The highest BCUT2D eigenvalue weighted by atomic mass is 35.5. The van der Waals surface area contributed by atoms with E-state index in [0.29, 0.717) is 29.1 Å². The van der Waals surface area contributed by atoms with Gasteiger partial charge in [-0.2, -0.15) is 5.10 Å². The third kappa shape index (κ3) is 6.06. The number of rotatable bonds is 9. The minimum absolute atomic E-state index is 0.161. The average molecular weight is 473 g/mol. The van der Waals surface area contributed by atoms with E-state index in [0.717, 1.165) is 11.1 Å². The fraction of sp³-hybridized carbons (Fsp3) is 0.217. The van der Waals surface area contributed by atoms with E-state index in [9.17, 15) is 13.2 Å². The summed E-state index contributed by atoms with van der Waals surface area (Å²) in [6.45, 7) is 7.87. The Morgan fingerprint density at radius 3 is 2.34 bits per heavy atom. The van der Waals surface area contributed by atoms with Crippen molar-refractivity contribution in [2.75, 3.05) is 11.9 Å². The molecule has 2 aromatic carbocycles. The summed E-state index contributed by atoms with van der Waals surface area (Å²) >= 11 is 6.47. The van der Waals surface area contributed by atoms with Gasteiger partial charge in [0.05, 0.1) is 23.6 Å². The minimum atomic E-state index is -3.45. The second-order valence-electron chi connectivity index (χ2n) is 7.44. The number of hydrogen-bond acceptors (Lipinski definition) is 4. The van der Waals surface area contributed by atoms with E-state index in [2.05, 4.69) is 21.7 Å². The van der Waals surface area contributed by atoms with Crippen molar-refractivity contribution in [3.05, 3.63) is 94.3 Å². The molecular weight excluding hydrogens is 448 g/mol. The first-order valence-corrected chi connectivity index (χ1v) is 12.0. The van der Waals surface area contributed by atoms with Crippen molar-refractivity contribution in [1.29, 1.82) is 0 Å². The van der Waals surface area contributed by atoms with E-state index in [1.54, 1.807) is 35.9 Å². The van der Waals surface area contributed by atoms with Crippen LogP contribution in [0.3, 0.4) is 0 Å². The molecule has 0 bridgehead atoms. The van der Waals surface area contributed by atoms with Gasteiger partial charge in [-0.25, -0.2) is 17.8 Å². The highest BCUT2D eigenvalue weighted by Gasteiger charge is 2.21. The molecule has 2 N–H and O–H groups in total. The second-order valence-corrected chi connectivity index (χ2v) is 9.61. The maximum absolute atomic E-state index is 12.8. The zero-order valence-electron chi connectivity index (χ0n) is 17.9. The molecule has 0 aliphatic heterocycles. The molecule has 0 aliphatic carbocycles. The fourth-order valence-corrected chi connectivity index (χ4v) is 4.54. The number of aryl methyl sites for hydroxylation is 2. The van der Waals surface area contributed by atoms with Crippen molar-refractivity contribution < 1.29 is 13.2 Å². The monoisotopic (exact) mass is 472 g/mol. The lowest BCUT2D eigenvalue weighted by Gasteiger charge is -2.08. The Balaban J connectivity index is 1.70. The van der Waals surface area contributed by atoms with Gasteiger partial charge in [-0.15, -0.1) is 6.58 Å². The molecule has 0 spiro atoms. The van der Waals surface area contributed by atoms with Gasteiger partial charge in [-0.1, -0.05) is 59.6 Å². The Morgan fingerprint density at radius 2 is 1.72 bits per heavy atom. The topological polar surface area (TPSA) is 93.1 Å². The maximum atomic E-state index is 12.8. The second kappa shape index (κ2) is 10.1. The number of nitrogens with one attached hydrogen (secondary N) is 2. The van der Waals surface area contributed by atoms with Gasteiger partial charge >= 0.3 is 0 Å². The predicted octanol–water partition coefficient (Wildman–Crippen LogP) is 4.06. The molecule has 168 valence electrons. The molecule has 0 saturated heterocycles. The quantitative estimate of drug-likeness (QED) is 0.459. The first kappa shape index (κ1) is 23.7. The number of hydrogen-bond donors (Lipinski definition) is 2. The minimum Gasteiger partial charge on any atom is -0.322 e. The Kier molecular flexibility index (Phi) is 7.50. The van der Waals surface area contributed by atoms with Gasteiger partial charge in [0.25, 0.3) is 5.91 Å². The lowest BCUT2D eigenvalue weighted by atomic mass is 10.1. The number of benzene rings is 2. The first-order chi connectivity index (χ1) is 15.2. The van der Waals surface area contributed by atoms with E-state index in [4.69, 9.17) is 11.6 Å². The van der Waals surface area contributed by atoms with Gasteiger partial charge < -0.3 is 5.32 Å². The van der Waals surface area contributed by atoms with Gasteiger partial charge in [0, 0.05) is 12.2 Å². The van der Waals surface area contributed by atoms with Crippen LogP contribution in [-0.2, 0) is 22.3 Å². The van der Waals surface area contributed by atoms with E-state index in [1.165, 1.54) is 6.08 Å². The number of carbonyl (C=O) groups excluding carboxylic acids is 1. The number of halogens is 1. The predicted molar refractivity (Wildman–Crippen MR) is 127 cm³/mol. The van der Waals surface area contributed by atoms with Crippen LogP contribution < -0.4 is 10.0 Å². The largest absolute Gasteiger partial charge is 0.322 e. The van der Waals surface area contributed by atoms with Crippen LogP contribution in [0.5, 0.6) is 0 Å². The SMILES string of the molecule is C=CCNS(=O)(=O)Cc1ccc(NC(=O)c2c(C)nn(Cc3ccc(C)cc3)c2Cl)cc1. The summed E-state index contributed by atoms with van der Waals surface area (Å²) in [6, 6.07) is 14.6. The maximum Gasteiger partial charge on any atom is 0.260 e. The van der Waals surface area contributed by atoms with Crippen molar-refractivity contribution in [3.8, 4) is 0 Å². The zero-order chi connectivity index (χ0) is 23.3. The molecule has 9 heteroatoms. The molecule has 7 nitrogen and oxygen atoms in total. The summed E-state index contributed by atoms with van der Waals surface area (Å²) < 4.78 is 28.0. The summed E-state index contributed by atoms with van der Waals surface area (Å²) in [5.41, 5.74) is 4.14. The van der Waals surface area contributed by atoms with Crippen LogP contribution in [0.25, 0.3) is 0 Å². The van der Waals surface area contributed by atoms with Crippen molar-refractivity contribution >= 4 is 33.2 Å². The lowest BCUT2D eigenvalue weighted by molar-refractivity contribution is 0.102. The molecule has 0 fully saturated rings. The summed E-state index contributed by atoms with van der Waals surface area (Å²) in [5.74, 6) is -0.540. The van der Waals surface area contributed by atoms with E-state index >= 15 is 0 Å². The zero-order valence-corrected chi connectivity index (χ0v) is 19.5. The Labute approximate surface area is 193 Å². The Hall–Kier alpha value is -2.94. The van der Waals surface area contributed by atoms with E-state index in [1.807, 2.05) is 31.2 Å². The smallest absolute Gasteiger partial charge is 0.260 e. The number of anilines is 1. The Morgan fingerprint density at radius 1 is 1.09 bits per heavy atom. The van der Waals surface area contributed by atoms with Crippen LogP contribution in [0.1, 0.15) is 32.7 Å². The van der Waals surface area contributed by atoms with Gasteiger partial charge in [-0.3, -0.25) is 4.79 Å². The molecule has 1 heterocycles. The van der Waals surface area contributed by atoms with Crippen molar-refractivity contribution in [2.45, 2.75) is 26.1 Å². The molecule has 1 aromatic heterocycles. The standard InChI is InChI=1S/C23H25ClN4O3S/c1-4-13-25-32(30,31)15-19-9-11-20(12-10-19)26-23(29)21-17(3)27-28(22(21)24)14-18-7-5-16(2)6-8-18/h4-12,25H,1,13-15H2,2-3H3,(H,26,29). The van der Waals surface area contributed by atoms with Crippen LogP contribution in [0, 0.1) is 13.8 Å². The van der Waals surface area contributed by atoms with E-state index < -0.39 is 10.0 Å². The third-order valence-electron chi connectivity index (χ3n) is 4.76. The number of aromatic nitrogens is 2. The molecule has 1 amide bonds. The van der Waals surface area contributed by atoms with Crippen LogP contribution in [0.15, 0.2) is 61.2 Å². The van der Waals surface area contributed by atoms with Crippen molar-refractivity contribution in [3.63, 3.8) is 0 Å². The van der Waals surface area contributed by atoms with Crippen LogP contribution in [0.4, 0.5) is 5.69 Å². The van der Waals surface area contributed by atoms with Crippen molar-refractivity contribution in [1.82, 2.24) is 14.5 Å². The molecule has 0 atom stereocenters. The van der Waals surface area contributed by atoms with Gasteiger partial charge in [0.15, 0.2) is 0 Å².